The summed E-state index contributed by atoms with van der Waals surface area (Å²) in [4.78, 5) is 2.43. The fraction of sp³-hybridized carbons (Fsp3) is 0.571. The van der Waals surface area contributed by atoms with E-state index in [1.54, 1.807) is 0 Å². The lowest BCUT2D eigenvalue weighted by Crippen LogP contribution is -2.30. The van der Waals surface area contributed by atoms with Crippen LogP contribution in [0, 0.1) is 5.92 Å². The van der Waals surface area contributed by atoms with Gasteiger partial charge in [-0.2, -0.15) is 0 Å². The van der Waals surface area contributed by atoms with Crippen LogP contribution in [-0.2, 0) is 6.42 Å². The average Bonchev–Trinajstić information content (AvgIpc) is 2.28. The largest absolute Gasteiger partial charge is 0.399 e. The fourth-order valence-electron chi connectivity index (χ4n) is 2.47. The van der Waals surface area contributed by atoms with Crippen molar-refractivity contribution in [2.24, 2.45) is 5.92 Å². The second-order valence-electron chi connectivity index (χ2n) is 5.03. The van der Waals surface area contributed by atoms with E-state index in [-0.39, 0.29) is 0 Å². The summed E-state index contributed by atoms with van der Waals surface area (Å²) in [6.07, 6.45) is 5.22. The highest BCUT2D eigenvalue weighted by atomic mass is 15.1. The molecule has 0 unspecified atom stereocenters. The number of piperidine rings is 1. The number of nitrogen functional groups attached to an aromatic ring is 1. The Morgan fingerprint density at radius 1 is 1.31 bits per heavy atom. The van der Waals surface area contributed by atoms with Crippen LogP contribution in [0.4, 0.5) is 5.69 Å². The Bertz CT molecular complexity index is 327. The Kier molecular flexibility index (Phi) is 3.83. The van der Waals surface area contributed by atoms with Gasteiger partial charge in [0.2, 0.25) is 0 Å². The molecule has 0 radical (unpaired) electrons. The minimum absolute atomic E-state index is 0.890. The molecule has 1 aliphatic rings. The van der Waals surface area contributed by atoms with Crippen molar-refractivity contribution in [2.45, 2.75) is 25.7 Å². The number of rotatable bonds is 3. The molecule has 0 amide bonds. The maximum absolute atomic E-state index is 5.78. The lowest BCUT2D eigenvalue weighted by molar-refractivity contribution is 0.212. The first kappa shape index (κ1) is 11.5. The molecule has 1 saturated heterocycles. The zero-order valence-electron chi connectivity index (χ0n) is 10.2. The van der Waals surface area contributed by atoms with Gasteiger partial charge in [-0.25, -0.2) is 0 Å². The molecule has 2 nitrogen and oxygen atoms in total. The van der Waals surface area contributed by atoms with E-state index in [0.717, 1.165) is 11.6 Å². The standard InChI is InChI=1S/C14H22N2/c1-16-9-7-12(8-10-16)5-6-13-3-2-4-14(15)11-13/h2-4,11-12H,5-10,15H2,1H3. The summed E-state index contributed by atoms with van der Waals surface area (Å²) in [6, 6.07) is 8.30. The Balaban J connectivity index is 1.79. The van der Waals surface area contributed by atoms with Crippen LogP contribution in [0.5, 0.6) is 0 Å². The van der Waals surface area contributed by atoms with E-state index in [1.807, 2.05) is 6.07 Å². The Morgan fingerprint density at radius 2 is 2.06 bits per heavy atom. The summed E-state index contributed by atoms with van der Waals surface area (Å²) in [5.41, 5.74) is 8.06. The first-order valence-electron chi connectivity index (χ1n) is 6.27. The maximum atomic E-state index is 5.78. The van der Waals surface area contributed by atoms with Gasteiger partial charge in [0.25, 0.3) is 0 Å². The molecule has 0 spiro atoms. The van der Waals surface area contributed by atoms with E-state index in [2.05, 4.69) is 30.1 Å². The van der Waals surface area contributed by atoms with Gasteiger partial charge in [0.05, 0.1) is 0 Å². The molecule has 2 N–H and O–H groups in total. The monoisotopic (exact) mass is 218 g/mol. The van der Waals surface area contributed by atoms with Crippen LogP contribution in [0.3, 0.4) is 0 Å². The molecule has 1 aliphatic heterocycles. The van der Waals surface area contributed by atoms with Crippen LogP contribution in [-0.4, -0.2) is 25.0 Å². The van der Waals surface area contributed by atoms with Gasteiger partial charge < -0.3 is 10.6 Å². The van der Waals surface area contributed by atoms with Crippen molar-refractivity contribution in [2.75, 3.05) is 25.9 Å². The van der Waals surface area contributed by atoms with Gasteiger partial charge in [-0.1, -0.05) is 12.1 Å². The quantitative estimate of drug-likeness (QED) is 0.790. The molecule has 0 atom stereocenters. The Morgan fingerprint density at radius 3 is 2.75 bits per heavy atom. The van der Waals surface area contributed by atoms with Gasteiger partial charge in [0.1, 0.15) is 0 Å². The SMILES string of the molecule is CN1CCC(CCc2cccc(N)c2)CC1. The van der Waals surface area contributed by atoms with Crippen LogP contribution in [0.2, 0.25) is 0 Å². The molecule has 16 heavy (non-hydrogen) atoms. The lowest BCUT2D eigenvalue weighted by atomic mass is 9.91. The van der Waals surface area contributed by atoms with Crippen molar-refractivity contribution < 1.29 is 0 Å². The molecule has 0 saturated carbocycles. The number of nitrogens with two attached hydrogens (primary N) is 1. The van der Waals surface area contributed by atoms with Crippen LogP contribution in [0.1, 0.15) is 24.8 Å². The molecular formula is C14H22N2. The number of aryl methyl sites for hydroxylation is 1. The van der Waals surface area contributed by atoms with Crippen LogP contribution in [0.15, 0.2) is 24.3 Å². The zero-order chi connectivity index (χ0) is 11.4. The summed E-state index contributed by atoms with van der Waals surface area (Å²) >= 11 is 0. The third-order valence-electron chi connectivity index (χ3n) is 3.63. The van der Waals surface area contributed by atoms with Crippen LogP contribution in [0.25, 0.3) is 0 Å². The number of hydrogen-bond donors (Lipinski definition) is 1. The van der Waals surface area contributed by atoms with Gasteiger partial charge >= 0.3 is 0 Å². The molecule has 1 aromatic rings. The molecule has 1 aromatic carbocycles. The van der Waals surface area contributed by atoms with E-state index in [9.17, 15) is 0 Å². The second kappa shape index (κ2) is 5.35. The Labute approximate surface area is 98.4 Å². The molecule has 0 bridgehead atoms. The molecule has 2 heteroatoms. The van der Waals surface area contributed by atoms with E-state index >= 15 is 0 Å². The van der Waals surface area contributed by atoms with Gasteiger partial charge in [-0.05, 0) is 69.4 Å². The third kappa shape index (κ3) is 3.24. The van der Waals surface area contributed by atoms with Crippen molar-refractivity contribution in [1.29, 1.82) is 0 Å². The molecule has 0 aliphatic carbocycles. The molecule has 0 aromatic heterocycles. The number of benzene rings is 1. The zero-order valence-corrected chi connectivity index (χ0v) is 10.2. The predicted molar refractivity (Wildman–Crippen MR) is 69.4 cm³/mol. The molecule has 1 heterocycles. The van der Waals surface area contributed by atoms with Crippen molar-refractivity contribution in [3.8, 4) is 0 Å². The summed E-state index contributed by atoms with van der Waals surface area (Å²) in [5, 5.41) is 0. The predicted octanol–water partition coefficient (Wildman–Crippen LogP) is 2.54. The number of anilines is 1. The summed E-state index contributed by atoms with van der Waals surface area (Å²) in [5.74, 6) is 0.914. The highest BCUT2D eigenvalue weighted by molar-refractivity contribution is 5.40. The van der Waals surface area contributed by atoms with Crippen LogP contribution >= 0.6 is 0 Å². The van der Waals surface area contributed by atoms with Gasteiger partial charge in [-0.3, -0.25) is 0 Å². The highest BCUT2D eigenvalue weighted by Crippen LogP contribution is 2.22. The summed E-state index contributed by atoms with van der Waals surface area (Å²) in [6.45, 7) is 2.53. The molecule has 88 valence electrons. The normalized spacial score (nSPS) is 18.8. The van der Waals surface area contributed by atoms with Gasteiger partial charge in [0, 0.05) is 5.69 Å². The smallest absolute Gasteiger partial charge is 0.0316 e. The van der Waals surface area contributed by atoms with Crippen molar-refractivity contribution >= 4 is 5.69 Å². The maximum Gasteiger partial charge on any atom is 0.0316 e. The highest BCUT2D eigenvalue weighted by Gasteiger charge is 2.16. The van der Waals surface area contributed by atoms with Gasteiger partial charge in [-0.15, -0.1) is 0 Å². The number of likely N-dealkylation sites (tertiary alicyclic amines) is 1. The van der Waals surface area contributed by atoms with E-state index in [1.165, 1.54) is 44.3 Å². The van der Waals surface area contributed by atoms with Gasteiger partial charge in [0.15, 0.2) is 0 Å². The Hall–Kier alpha value is -1.02. The minimum Gasteiger partial charge on any atom is -0.399 e. The van der Waals surface area contributed by atoms with E-state index in [0.29, 0.717) is 0 Å². The minimum atomic E-state index is 0.890. The summed E-state index contributed by atoms with van der Waals surface area (Å²) < 4.78 is 0. The fourth-order valence-corrected chi connectivity index (χ4v) is 2.47. The van der Waals surface area contributed by atoms with Crippen LogP contribution < -0.4 is 5.73 Å². The first-order chi connectivity index (χ1) is 7.74. The third-order valence-corrected chi connectivity index (χ3v) is 3.63. The van der Waals surface area contributed by atoms with Crippen molar-refractivity contribution in [3.05, 3.63) is 29.8 Å². The van der Waals surface area contributed by atoms with Crippen molar-refractivity contribution in [1.82, 2.24) is 4.90 Å². The molecule has 2 rings (SSSR count). The molecule has 1 fully saturated rings. The topological polar surface area (TPSA) is 29.3 Å². The number of nitrogens with zero attached hydrogens (tertiary/aromatic N) is 1. The lowest BCUT2D eigenvalue weighted by Gasteiger charge is -2.28. The first-order valence-corrected chi connectivity index (χ1v) is 6.27. The second-order valence-corrected chi connectivity index (χ2v) is 5.03. The van der Waals surface area contributed by atoms with E-state index in [4.69, 9.17) is 5.73 Å². The van der Waals surface area contributed by atoms with Crippen molar-refractivity contribution in [3.63, 3.8) is 0 Å². The average molecular weight is 218 g/mol. The molecular weight excluding hydrogens is 196 g/mol. The number of hydrogen-bond acceptors (Lipinski definition) is 2. The van der Waals surface area contributed by atoms with E-state index < -0.39 is 0 Å². The summed E-state index contributed by atoms with van der Waals surface area (Å²) in [7, 11) is 2.22.